The molecule has 134 valence electrons. The lowest BCUT2D eigenvalue weighted by atomic mass is 9.76. The SMILES string of the molecule is CC1(C)CCc2sc(-c3cc4ccccc4cc3CNS)c(C=O)c2C1. The third-order valence-electron chi connectivity index (χ3n) is 5.42. The quantitative estimate of drug-likeness (QED) is 0.440. The molecule has 0 radical (unpaired) electrons. The summed E-state index contributed by atoms with van der Waals surface area (Å²) in [4.78, 5) is 14.6. The molecule has 2 aromatic carbocycles. The monoisotopic (exact) mass is 381 g/mol. The van der Waals surface area contributed by atoms with Crippen LogP contribution in [0.25, 0.3) is 21.2 Å². The Bertz CT molecular complexity index is 987. The van der Waals surface area contributed by atoms with Gasteiger partial charge in [0.05, 0.1) is 0 Å². The van der Waals surface area contributed by atoms with Crippen molar-refractivity contribution in [1.29, 1.82) is 0 Å². The summed E-state index contributed by atoms with van der Waals surface area (Å²) < 4.78 is 2.98. The summed E-state index contributed by atoms with van der Waals surface area (Å²) in [5.41, 5.74) is 4.77. The first-order valence-electron chi connectivity index (χ1n) is 9.01. The zero-order valence-corrected chi connectivity index (χ0v) is 16.8. The topological polar surface area (TPSA) is 29.1 Å². The van der Waals surface area contributed by atoms with Gasteiger partial charge < -0.3 is 0 Å². The minimum atomic E-state index is 0.266. The van der Waals surface area contributed by atoms with Crippen molar-refractivity contribution in [2.45, 2.75) is 39.7 Å². The number of aldehydes is 1. The van der Waals surface area contributed by atoms with Crippen LogP contribution in [0.3, 0.4) is 0 Å². The van der Waals surface area contributed by atoms with Crippen LogP contribution in [0, 0.1) is 5.41 Å². The van der Waals surface area contributed by atoms with Crippen molar-refractivity contribution in [3.8, 4) is 10.4 Å². The van der Waals surface area contributed by atoms with E-state index in [1.54, 1.807) is 11.3 Å². The van der Waals surface area contributed by atoms with Crippen LogP contribution >= 0.6 is 24.2 Å². The molecule has 4 rings (SSSR count). The van der Waals surface area contributed by atoms with E-state index in [2.05, 4.69) is 67.8 Å². The normalized spacial score (nSPS) is 15.8. The van der Waals surface area contributed by atoms with Crippen molar-refractivity contribution in [2.75, 3.05) is 0 Å². The lowest BCUT2D eigenvalue weighted by Crippen LogP contribution is -2.21. The van der Waals surface area contributed by atoms with E-state index in [0.29, 0.717) is 6.54 Å². The molecule has 0 saturated carbocycles. The zero-order valence-electron chi connectivity index (χ0n) is 15.1. The first kappa shape index (κ1) is 17.8. The van der Waals surface area contributed by atoms with Crippen molar-refractivity contribution < 1.29 is 4.79 Å². The second kappa shape index (κ2) is 6.84. The first-order valence-corrected chi connectivity index (χ1v) is 10.3. The van der Waals surface area contributed by atoms with Gasteiger partial charge in [-0.3, -0.25) is 9.52 Å². The van der Waals surface area contributed by atoms with Crippen LogP contribution in [0.5, 0.6) is 0 Å². The van der Waals surface area contributed by atoms with Crippen LogP contribution in [0.2, 0.25) is 0 Å². The number of carbonyl (C=O) groups excluding carboxylic acids is 1. The Labute approximate surface area is 164 Å². The highest BCUT2D eigenvalue weighted by atomic mass is 32.1. The molecule has 0 amide bonds. The molecule has 0 spiro atoms. The van der Waals surface area contributed by atoms with Gasteiger partial charge in [-0.15, -0.1) is 11.3 Å². The summed E-state index contributed by atoms with van der Waals surface area (Å²) in [6, 6.07) is 12.8. The van der Waals surface area contributed by atoms with E-state index in [4.69, 9.17) is 0 Å². The number of fused-ring (bicyclic) bond motifs is 2. The number of rotatable bonds is 4. The molecule has 3 aromatic rings. The van der Waals surface area contributed by atoms with Crippen LogP contribution in [-0.2, 0) is 19.4 Å². The van der Waals surface area contributed by atoms with E-state index in [9.17, 15) is 4.79 Å². The Morgan fingerprint density at radius 1 is 1.23 bits per heavy atom. The minimum Gasteiger partial charge on any atom is -0.298 e. The molecule has 1 aliphatic carbocycles. The second-order valence-corrected chi connectivity index (χ2v) is 9.32. The number of benzene rings is 2. The summed E-state index contributed by atoms with van der Waals surface area (Å²) in [6.45, 7) is 5.26. The highest BCUT2D eigenvalue weighted by Crippen LogP contribution is 2.45. The number of carbonyl (C=O) groups is 1. The van der Waals surface area contributed by atoms with Gasteiger partial charge >= 0.3 is 0 Å². The minimum absolute atomic E-state index is 0.266. The Hall–Kier alpha value is -1.62. The number of hydrogen-bond donors (Lipinski definition) is 2. The molecule has 0 bridgehead atoms. The molecule has 1 aromatic heterocycles. The van der Waals surface area contributed by atoms with Crippen LogP contribution in [-0.4, -0.2) is 6.29 Å². The Morgan fingerprint density at radius 3 is 2.65 bits per heavy atom. The number of thiol groups is 1. The fraction of sp³-hybridized carbons (Fsp3) is 0.318. The molecule has 0 fully saturated rings. The predicted molar refractivity (Wildman–Crippen MR) is 114 cm³/mol. The summed E-state index contributed by atoms with van der Waals surface area (Å²) >= 11 is 6.02. The summed E-state index contributed by atoms with van der Waals surface area (Å²) in [5, 5.41) is 2.42. The van der Waals surface area contributed by atoms with Crippen molar-refractivity contribution in [2.24, 2.45) is 5.41 Å². The van der Waals surface area contributed by atoms with Crippen molar-refractivity contribution in [1.82, 2.24) is 4.72 Å². The Morgan fingerprint density at radius 2 is 1.96 bits per heavy atom. The highest BCUT2D eigenvalue weighted by molar-refractivity contribution is 7.78. The molecule has 1 aliphatic rings. The van der Waals surface area contributed by atoms with Gasteiger partial charge in [0.1, 0.15) is 0 Å². The molecule has 0 unspecified atom stereocenters. The lowest BCUT2D eigenvalue weighted by Gasteiger charge is -2.29. The largest absolute Gasteiger partial charge is 0.298 e. The van der Waals surface area contributed by atoms with Gasteiger partial charge in [-0.25, -0.2) is 0 Å². The van der Waals surface area contributed by atoms with E-state index in [1.165, 1.54) is 33.2 Å². The number of thiophene rings is 1. The van der Waals surface area contributed by atoms with Gasteiger partial charge in [-0.2, -0.15) is 0 Å². The lowest BCUT2D eigenvalue weighted by molar-refractivity contribution is 0.112. The fourth-order valence-corrected chi connectivity index (χ4v) is 5.50. The summed E-state index contributed by atoms with van der Waals surface area (Å²) in [5.74, 6) is 0. The van der Waals surface area contributed by atoms with Crippen LogP contribution < -0.4 is 4.72 Å². The Balaban J connectivity index is 1.94. The molecule has 2 nitrogen and oxygen atoms in total. The molecule has 26 heavy (non-hydrogen) atoms. The molecule has 1 N–H and O–H groups in total. The third kappa shape index (κ3) is 3.11. The third-order valence-corrected chi connectivity index (χ3v) is 6.92. The summed E-state index contributed by atoms with van der Waals surface area (Å²) in [6.07, 6.45) is 4.31. The van der Waals surface area contributed by atoms with Crippen LogP contribution in [0.1, 0.15) is 46.6 Å². The molecular formula is C22H23NOS2. The second-order valence-electron chi connectivity index (χ2n) is 7.90. The summed E-state index contributed by atoms with van der Waals surface area (Å²) in [7, 11) is 0. The van der Waals surface area contributed by atoms with E-state index < -0.39 is 0 Å². The van der Waals surface area contributed by atoms with E-state index in [1.807, 2.05) is 0 Å². The highest BCUT2D eigenvalue weighted by Gasteiger charge is 2.31. The van der Waals surface area contributed by atoms with Gasteiger partial charge in [0.15, 0.2) is 6.29 Å². The van der Waals surface area contributed by atoms with Crippen molar-refractivity contribution in [3.63, 3.8) is 0 Å². The maximum absolute atomic E-state index is 12.1. The van der Waals surface area contributed by atoms with Gasteiger partial charge in [-0.05, 0) is 64.3 Å². The average molecular weight is 382 g/mol. The molecular weight excluding hydrogens is 358 g/mol. The average Bonchev–Trinajstić information content (AvgIpc) is 2.97. The molecule has 0 saturated heterocycles. The zero-order chi connectivity index (χ0) is 18.3. The van der Waals surface area contributed by atoms with E-state index in [-0.39, 0.29) is 5.41 Å². The number of nitrogens with one attached hydrogen (secondary N) is 1. The first-order chi connectivity index (χ1) is 12.5. The molecule has 0 atom stereocenters. The van der Waals surface area contributed by atoms with Crippen LogP contribution in [0.15, 0.2) is 36.4 Å². The predicted octanol–water partition coefficient (Wildman–Crippen LogP) is 5.83. The number of hydrogen-bond acceptors (Lipinski definition) is 4. The molecule has 0 aliphatic heterocycles. The van der Waals surface area contributed by atoms with Gasteiger partial charge in [0, 0.05) is 21.9 Å². The number of aryl methyl sites for hydroxylation is 1. The smallest absolute Gasteiger partial charge is 0.151 e. The Kier molecular flexibility index (Phi) is 4.68. The molecule has 4 heteroatoms. The van der Waals surface area contributed by atoms with Gasteiger partial charge in [0.2, 0.25) is 0 Å². The standard InChI is InChI=1S/C22H23NOS2/c1-22(2)8-7-20-18(11-22)19(13-24)21(26-20)17-10-15-6-4-3-5-14(15)9-16(17)12-23-25/h3-6,9-10,13,23,25H,7-8,11-12H2,1-2H3. The van der Waals surface area contributed by atoms with Crippen molar-refractivity contribution in [3.05, 3.63) is 58.0 Å². The molecule has 1 heterocycles. The maximum Gasteiger partial charge on any atom is 0.151 e. The fourth-order valence-electron chi connectivity index (χ4n) is 4.00. The maximum atomic E-state index is 12.1. The van der Waals surface area contributed by atoms with Crippen molar-refractivity contribution >= 4 is 41.2 Å². The van der Waals surface area contributed by atoms with Crippen LogP contribution in [0.4, 0.5) is 0 Å². The van der Waals surface area contributed by atoms with E-state index >= 15 is 0 Å². The van der Waals surface area contributed by atoms with Gasteiger partial charge in [0.25, 0.3) is 0 Å². The van der Waals surface area contributed by atoms with Gasteiger partial charge in [-0.1, -0.05) is 50.9 Å². The van der Waals surface area contributed by atoms with E-state index in [0.717, 1.165) is 35.1 Å².